The number of halogens is 3. The van der Waals surface area contributed by atoms with Gasteiger partial charge in [-0.3, -0.25) is 9.59 Å². The molecule has 2 N–H and O–H groups in total. The minimum Gasteiger partial charge on any atom is -0.425 e. The molecule has 0 aromatic heterocycles. The van der Waals surface area contributed by atoms with Crippen molar-refractivity contribution >= 4 is 35.2 Å². The van der Waals surface area contributed by atoms with Crippen LogP contribution in [0.5, 0.6) is 0 Å². The van der Waals surface area contributed by atoms with Gasteiger partial charge < -0.3 is 20.3 Å². The Balaban J connectivity index is 1.54. The first-order valence-corrected chi connectivity index (χ1v) is 10.4. The molecule has 2 atom stereocenters. The van der Waals surface area contributed by atoms with Crippen LogP contribution >= 0.6 is 11.6 Å². The van der Waals surface area contributed by atoms with Crippen molar-refractivity contribution in [1.29, 1.82) is 0 Å². The fraction of sp³-hybridized carbons (Fsp3) is 0.318. The van der Waals surface area contributed by atoms with Crippen molar-refractivity contribution < 1.29 is 27.9 Å². The van der Waals surface area contributed by atoms with Crippen molar-refractivity contribution in [2.75, 3.05) is 12.4 Å². The van der Waals surface area contributed by atoms with Gasteiger partial charge in [0, 0.05) is 36.7 Å². The molecule has 0 unspecified atom stereocenters. The molecule has 0 bridgehead atoms. The first-order valence-electron chi connectivity index (χ1n) is 10.0. The van der Waals surface area contributed by atoms with Crippen LogP contribution in [0.3, 0.4) is 0 Å². The second kappa shape index (κ2) is 8.74. The molecule has 3 amide bonds. The smallest absolute Gasteiger partial charge is 0.411 e. The Morgan fingerprint density at radius 1 is 1.16 bits per heavy atom. The molecule has 2 aliphatic rings. The summed E-state index contributed by atoms with van der Waals surface area (Å²) in [6, 6.07) is 5.73. The van der Waals surface area contributed by atoms with Gasteiger partial charge in [0.25, 0.3) is 5.91 Å². The highest BCUT2D eigenvalue weighted by molar-refractivity contribution is 6.31. The molecule has 2 aromatic rings. The van der Waals surface area contributed by atoms with E-state index in [0.717, 1.165) is 6.07 Å². The van der Waals surface area contributed by atoms with Crippen LogP contribution in [0.4, 0.5) is 19.3 Å². The SMILES string of the molecule is CN(C(=O)O[C@H]1CCC(=O)N1)[C@H]1CCc2c(C(=O)Nc3ccc(F)c(Cl)c3)ccc(F)c21. The van der Waals surface area contributed by atoms with Gasteiger partial charge in [0.15, 0.2) is 6.23 Å². The van der Waals surface area contributed by atoms with E-state index < -0.39 is 35.9 Å². The lowest BCUT2D eigenvalue weighted by Gasteiger charge is -2.26. The minimum atomic E-state index is -0.706. The number of ether oxygens (including phenoxy) is 1. The molecular formula is C22H20ClF2N3O4. The molecule has 32 heavy (non-hydrogen) atoms. The van der Waals surface area contributed by atoms with Crippen molar-refractivity contribution in [2.45, 2.75) is 38.0 Å². The Labute approximate surface area is 187 Å². The van der Waals surface area contributed by atoms with Crippen LogP contribution in [0.2, 0.25) is 5.02 Å². The number of hydrogen-bond acceptors (Lipinski definition) is 4. The van der Waals surface area contributed by atoms with Crippen molar-refractivity contribution in [3.63, 3.8) is 0 Å². The molecule has 168 valence electrons. The normalized spacial score (nSPS) is 19.3. The van der Waals surface area contributed by atoms with E-state index in [0.29, 0.717) is 30.5 Å². The second-order valence-corrected chi connectivity index (χ2v) is 8.12. The number of hydrogen-bond donors (Lipinski definition) is 2. The molecule has 4 rings (SSSR count). The summed E-state index contributed by atoms with van der Waals surface area (Å²) >= 11 is 5.76. The van der Waals surface area contributed by atoms with Gasteiger partial charge in [0.2, 0.25) is 5.91 Å². The van der Waals surface area contributed by atoms with E-state index >= 15 is 0 Å². The van der Waals surface area contributed by atoms with Crippen LogP contribution in [0, 0.1) is 11.6 Å². The fourth-order valence-electron chi connectivity index (χ4n) is 4.07. The number of fused-ring (bicyclic) bond motifs is 1. The zero-order valence-corrected chi connectivity index (χ0v) is 17.8. The minimum absolute atomic E-state index is 0.134. The molecule has 2 aromatic carbocycles. The molecule has 7 nitrogen and oxygen atoms in total. The summed E-state index contributed by atoms with van der Waals surface area (Å²) in [5, 5.41) is 5.05. The monoisotopic (exact) mass is 463 g/mol. The first-order chi connectivity index (χ1) is 15.2. The Kier molecular flexibility index (Phi) is 6.01. The third-order valence-corrected chi connectivity index (χ3v) is 5.97. The van der Waals surface area contributed by atoms with Crippen molar-refractivity contribution in [3.8, 4) is 0 Å². The Bertz CT molecular complexity index is 1110. The molecule has 10 heteroatoms. The number of benzene rings is 2. The van der Waals surface area contributed by atoms with Crippen LogP contribution in [0.1, 0.15) is 46.8 Å². The van der Waals surface area contributed by atoms with E-state index in [9.17, 15) is 23.2 Å². The molecule has 0 radical (unpaired) electrons. The van der Waals surface area contributed by atoms with Crippen LogP contribution < -0.4 is 10.6 Å². The summed E-state index contributed by atoms with van der Waals surface area (Å²) in [7, 11) is 1.49. The molecule has 1 heterocycles. The largest absolute Gasteiger partial charge is 0.425 e. The lowest BCUT2D eigenvalue weighted by Crippen LogP contribution is -2.37. The Hall–Kier alpha value is -3.20. The van der Waals surface area contributed by atoms with E-state index in [1.54, 1.807) is 0 Å². The van der Waals surface area contributed by atoms with E-state index in [4.69, 9.17) is 16.3 Å². The van der Waals surface area contributed by atoms with Crippen molar-refractivity contribution in [1.82, 2.24) is 10.2 Å². The van der Waals surface area contributed by atoms with Crippen LogP contribution in [0.15, 0.2) is 30.3 Å². The summed E-state index contributed by atoms with van der Waals surface area (Å²) < 4.78 is 33.4. The number of nitrogens with one attached hydrogen (secondary N) is 2. The molecule has 0 saturated carbocycles. The van der Waals surface area contributed by atoms with Crippen LogP contribution in [0.25, 0.3) is 0 Å². The zero-order chi connectivity index (χ0) is 23.0. The Morgan fingerprint density at radius 2 is 1.91 bits per heavy atom. The highest BCUT2D eigenvalue weighted by Gasteiger charge is 2.36. The van der Waals surface area contributed by atoms with Crippen molar-refractivity contribution in [2.24, 2.45) is 0 Å². The summed E-state index contributed by atoms with van der Waals surface area (Å²) in [4.78, 5) is 38.0. The maximum absolute atomic E-state index is 14.8. The highest BCUT2D eigenvalue weighted by atomic mass is 35.5. The molecule has 1 fully saturated rings. The molecule has 1 aliphatic heterocycles. The van der Waals surface area contributed by atoms with E-state index in [-0.39, 0.29) is 28.5 Å². The average molecular weight is 464 g/mol. The first kappa shape index (κ1) is 22.0. The number of anilines is 1. The quantitative estimate of drug-likeness (QED) is 0.712. The average Bonchev–Trinajstić information content (AvgIpc) is 3.37. The van der Waals surface area contributed by atoms with E-state index in [1.165, 1.54) is 36.2 Å². The topological polar surface area (TPSA) is 87.7 Å². The number of nitrogens with zero attached hydrogens (tertiary/aromatic N) is 1. The predicted octanol–water partition coefficient (Wildman–Crippen LogP) is 4.16. The number of carbonyl (C=O) groups is 3. The lowest BCUT2D eigenvalue weighted by molar-refractivity contribution is -0.120. The Morgan fingerprint density at radius 3 is 2.59 bits per heavy atom. The van der Waals surface area contributed by atoms with Gasteiger partial charge in [-0.1, -0.05) is 11.6 Å². The summed E-state index contributed by atoms with van der Waals surface area (Å²) in [6.45, 7) is 0. The number of carbonyl (C=O) groups excluding carboxylic acids is 3. The molecular weight excluding hydrogens is 444 g/mol. The zero-order valence-electron chi connectivity index (χ0n) is 17.1. The van der Waals surface area contributed by atoms with Gasteiger partial charge in [-0.15, -0.1) is 0 Å². The molecule has 1 saturated heterocycles. The molecule has 1 aliphatic carbocycles. The van der Waals surface area contributed by atoms with Gasteiger partial charge >= 0.3 is 6.09 Å². The summed E-state index contributed by atoms with van der Waals surface area (Å²) in [5.74, 6) is -1.83. The third kappa shape index (κ3) is 4.25. The van der Waals surface area contributed by atoms with E-state index in [2.05, 4.69) is 10.6 Å². The van der Waals surface area contributed by atoms with E-state index in [1.807, 2.05) is 0 Å². The number of amides is 3. The summed E-state index contributed by atoms with van der Waals surface area (Å²) in [6.07, 6.45) is 0.0452. The standard InChI is InChI=1S/C22H20ClF2N3O4/c1-28(22(31)32-19-9-8-18(29)27-19)17-7-4-12-13(3-6-16(25)20(12)17)21(30)26-11-2-5-15(24)14(23)10-11/h2-3,5-6,10,17,19H,4,7-9H2,1H3,(H,26,30)(H,27,29)/t17-,19-/m0/s1. The van der Waals surface area contributed by atoms with Crippen LogP contribution in [-0.4, -0.2) is 36.1 Å². The van der Waals surface area contributed by atoms with Gasteiger partial charge in [-0.25, -0.2) is 13.6 Å². The van der Waals surface area contributed by atoms with Crippen molar-refractivity contribution in [3.05, 3.63) is 63.7 Å². The maximum atomic E-state index is 14.8. The summed E-state index contributed by atoms with van der Waals surface area (Å²) in [5.41, 5.74) is 1.31. The second-order valence-electron chi connectivity index (χ2n) is 7.71. The highest BCUT2D eigenvalue weighted by Crippen LogP contribution is 2.39. The lowest BCUT2D eigenvalue weighted by atomic mass is 10.0. The third-order valence-electron chi connectivity index (χ3n) is 5.68. The van der Waals surface area contributed by atoms with Gasteiger partial charge in [0.05, 0.1) is 11.1 Å². The number of rotatable bonds is 4. The fourth-order valence-corrected chi connectivity index (χ4v) is 4.25. The van der Waals surface area contributed by atoms with Gasteiger partial charge in [-0.2, -0.15) is 0 Å². The predicted molar refractivity (Wildman–Crippen MR) is 112 cm³/mol. The van der Waals surface area contributed by atoms with Gasteiger partial charge in [-0.05, 0) is 48.7 Å². The van der Waals surface area contributed by atoms with Crippen LogP contribution in [-0.2, 0) is 16.0 Å². The maximum Gasteiger partial charge on any atom is 0.411 e. The molecule has 0 spiro atoms. The van der Waals surface area contributed by atoms with Gasteiger partial charge in [0.1, 0.15) is 11.6 Å².